The summed E-state index contributed by atoms with van der Waals surface area (Å²) in [5.41, 5.74) is -1.56. The first-order valence-corrected chi connectivity index (χ1v) is 6.38. The summed E-state index contributed by atoms with van der Waals surface area (Å²) in [6.45, 7) is 3.95. The molecule has 96 valence electrons. The Labute approximate surface area is 101 Å². The zero-order chi connectivity index (χ0) is 12.4. The lowest BCUT2D eigenvalue weighted by atomic mass is 9.64. The van der Waals surface area contributed by atoms with Gasteiger partial charge in [0.2, 0.25) is 0 Å². The van der Waals surface area contributed by atoms with E-state index in [9.17, 15) is 9.90 Å². The van der Waals surface area contributed by atoms with Crippen molar-refractivity contribution >= 4 is 5.78 Å². The smallest absolute Gasteiger partial charge is 0.165 e. The minimum Gasteiger partial charge on any atom is -0.388 e. The number of hydrogen-bond acceptors (Lipinski definition) is 4. The predicted octanol–water partition coefficient (Wildman–Crippen LogP) is 0.909. The van der Waals surface area contributed by atoms with Crippen molar-refractivity contribution in [3.8, 4) is 0 Å². The number of rotatable bonds is 1. The number of Topliss-reactive ketones (excluding diaryl/α,β-unsaturated/α-hetero) is 1. The van der Waals surface area contributed by atoms with Crippen LogP contribution < -0.4 is 0 Å². The van der Waals surface area contributed by atoms with E-state index in [2.05, 4.69) is 0 Å². The molecule has 2 aliphatic heterocycles. The molecule has 2 heterocycles. The zero-order valence-corrected chi connectivity index (χ0v) is 10.6. The molecule has 1 saturated carbocycles. The monoisotopic (exact) mass is 240 g/mol. The standard InChI is InChI=1S/C13H20O4/c1-7-9-4-5-10(17-9)12(2)11(16-3)8(14)6-13(7,12)15/h7,9-11,15H,4-6H2,1-3H3/t7-,9+,10-,11+,12+,13-/m0/s1. The summed E-state index contributed by atoms with van der Waals surface area (Å²) in [5.74, 6) is 0.0100. The van der Waals surface area contributed by atoms with Crippen LogP contribution in [0.3, 0.4) is 0 Å². The van der Waals surface area contributed by atoms with Crippen molar-refractivity contribution in [3.05, 3.63) is 0 Å². The van der Waals surface area contributed by atoms with Crippen LogP contribution in [0.15, 0.2) is 0 Å². The number of fused-ring (bicyclic) bond motifs is 4. The topological polar surface area (TPSA) is 55.8 Å². The van der Waals surface area contributed by atoms with Gasteiger partial charge in [-0.05, 0) is 12.8 Å². The molecule has 2 bridgehead atoms. The average Bonchev–Trinajstić information content (AvgIpc) is 2.80. The lowest BCUT2D eigenvalue weighted by Gasteiger charge is -2.52. The Morgan fingerprint density at radius 1 is 1.47 bits per heavy atom. The van der Waals surface area contributed by atoms with E-state index in [0.29, 0.717) is 0 Å². The fraction of sp³-hybridized carbons (Fsp3) is 0.923. The highest BCUT2D eigenvalue weighted by molar-refractivity contribution is 5.88. The maximum atomic E-state index is 12.1. The molecule has 17 heavy (non-hydrogen) atoms. The first kappa shape index (κ1) is 11.6. The summed E-state index contributed by atoms with van der Waals surface area (Å²) >= 11 is 0. The Balaban J connectivity index is 2.12. The maximum absolute atomic E-state index is 12.1. The molecule has 1 N–H and O–H groups in total. The maximum Gasteiger partial charge on any atom is 0.165 e. The zero-order valence-electron chi connectivity index (χ0n) is 10.6. The molecular formula is C13H20O4. The number of ether oxygens (including phenoxy) is 2. The largest absolute Gasteiger partial charge is 0.388 e. The molecule has 0 unspecified atom stereocenters. The van der Waals surface area contributed by atoms with Gasteiger partial charge in [0.25, 0.3) is 0 Å². The van der Waals surface area contributed by atoms with E-state index in [1.165, 1.54) is 0 Å². The van der Waals surface area contributed by atoms with E-state index in [4.69, 9.17) is 9.47 Å². The van der Waals surface area contributed by atoms with Gasteiger partial charge >= 0.3 is 0 Å². The number of ketones is 1. The van der Waals surface area contributed by atoms with Crippen molar-refractivity contribution in [2.24, 2.45) is 11.3 Å². The van der Waals surface area contributed by atoms with Gasteiger partial charge in [0.1, 0.15) is 6.10 Å². The second-order valence-corrected chi connectivity index (χ2v) is 5.99. The molecule has 0 aromatic carbocycles. The Morgan fingerprint density at radius 2 is 2.18 bits per heavy atom. The van der Waals surface area contributed by atoms with E-state index in [0.717, 1.165) is 12.8 Å². The van der Waals surface area contributed by atoms with Crippen molar-refractivity contribution in [2.45, 2.75) is 57.0 Å². The molecule has 0 amide bonds. The van der Waals surface area contributed by atoms with Gasteiger partial charge in [0.15, 0.2) is 5.78 Å². The van der Waals surface area contributed by atoms with Crippen LogP contribution in [0.25, 0.3) is 0 Å². The minimum atomic E-state index is -0.963. The van der Waals surface area contributed by atoms with Crippen molar-refractivity contribution in [2.75, 3.05) is 7.11 Å². The summed E-state index contributed by atoms with van der Waals surface area (Å²) in [5, 5.41) is 11.0. The Hall–Kier alpha value is -0.450. The third kappa shape index (κ3) is 1.12. The lowest BCUT2D eigenvalue weighted by Crippen LogP contribution is -2.62. The highest BCUT2D eigenvalue weighted by Gasteiger charge is 2.71. The molecule has 4 nitrogen and oxygen atoms in total. The predicted molar refractivity (Wildman–Crippen MR) is 60.5 cm³/mol. The van der Waals surface area contributed by atoms with E-state index in [1.54, 1.807) is 7.11 Å². The molecule has 3 fully saturated rings. The second-order valence-electron chi connectivity index (χ2n) is 5.99. The van der Waals surface area contributed by atoms with Crippen LogP contribution in [0.2, 0.25) is 0 Å². The van der Waals surface area contributed by atoms with Crippen LogP contribution in [0, 0.1) is 11.3 Å². The molecule has 2 saturated heterocycles. The molecule has 0 aromatic heterocycles. The molecule has 0 aromatic rings. The van der Waals surface area contributed by atoms with E-state index >= 15 is 0 Å². The van der Waals surface area contributed by atoms with Gasteiger partial charge in [-0.3, -0.25) is 4.79 Å². The van der Waals surface area contributed by atoms with Gasteiger partial charge in [-0.1, -0.05) is 13.8 Å². The van der Waals surface area contributed by atoms with Gasteiger partial charge in [0.05, 0.1) is 23.2 Å². The fourth-order valence-corrected chi connectivity index (χ4v) is 4.36. The molecule has 3 aliphatic rings. The van der Waals surface area contributed by atoms with Crippen LogP contribution in [-0.2, 0) is 14.3 Å². The van der Waals surface area contributed by atoms with E-state index in [-0.39, 0.29) is 30.3 Å². The van der Waals surface area contributed by atoms with Crippen molar-refractivity contribution in [1.82, 2.24) is 0 Å². The van der Waals surface area contributed by atoms with Crippen LogP contribution >= 0.6 is 0 Å². The van der Waals surface area contributed by atoms with Crippen LogP contribution in [-0.4, -0.2) is 41.9 Å². The number of methoxy groups -OCH3 is 1. The SMILES string of the molecule is CO[C@@H]1C(=O)C[C@]2(O)[C@@H](C)[C@H]3CC[C@H](O3)[C@]12C. The highest BCUT2D eigenvalue weighted by Crippen LogP contribution is 2.60. The third-order valence-electron chi connectivity index (χ3n) is 5.48. The average molecular weight is 240 g/mol. The quantitative estimate of drug-likeness (QED) is 0.740. The van der Waals surface area contributed by atoms with Crippen LogP contribution in [0.5, 0.6) is 0 Å². The van der Waals surface area contributed by atoms with Crippen molar-refractivity contribution in [1.29, 1.82) is 0 Å². The second kappa shape index (κ2) is 3.31. The van der Waals surface area contributed by atoms with Gasteiger partial charge in [-0.15, -0.1) is 0 Å². The molecule has 1 aliphatic carbocycles. The van der Waals surface area contributed by atoms with Crippen molar-refractivity contribution in [3.63, 3.8) is 0 Å². The Morgan fingerprint density at radius 3 is 2.82 bits per heavy atom. The molecular weight excluding hydrogens is 220 g/mol. The lowest BCUT2D eigenvalue weighted by molar-refractivity contribution is -0.245. The van der Waals surface area contributed by atoms with Crippen LogP contribution in [0.1, 0.15) is 33.1 Å². The van der Waals surface area contributed by atoms with Gasteiger partial charge in [-0.2, -0.15) is 0 Å². The minimum absolute atomic E-state index is 0.00431. The molecule has 3 rings (SSSR count). The number of carbonyl (C=O) groups is 1. The Bertz CT molecular complexity index is 368. The van der Waals surface area contributed by atoms with E-state index < -0.39 is 17.1 Å². The first-order chi connectivity index (χ1) is 7.95. The summed E-state index contributed by atoms with van der Waals surface area (Å²) in [7, 11) is 1.55. The summed E-state index contributed by atoms with van der Waals surface area (Å²) < 4.78 is 11.4. The number of hydrogen-bond donors (Lipinski definition) is 1. The Kier molecular flexibility index (Phi) is 2.26. The first-order valence-electron chi connectivity index (χ1n) is 6.38. The number of aliphatic hydroxyl groups is 1. The van der Waals surface area contributed by atoms with E-state index in [1.807, 2.05) is 13.8 Å². The molecule has 4 heteroatoms. The summed E-state index contributed by atoms with van der Waals surface area (Å²) in [4.78, 5) is 12.1. The van der Waals surface area contributed by atoms with Gasteiger partial charge < -0.3 is 14.6 Å². The summed E-state index contributed by atoms with van der Waals surface area (Å²) in [6.07, 6.45) is 1.63. The highest BCUT2D eigenvalue weighted by atomic mass is 16.5. The normalized spacial score (nSPS) is 57.3. The molecule has 0 spiro atoms. The molecule has 6 atom stereocenters. The summed E-state index contributed by atoms with van der Waals surface area (Å²) in [6, 6.07) is 0. The van der Waals surface area contributed by atoms with Crippen LogP contribution in [0.4, 0.5) is 0 Å². The fourth-order valence-electron chi connectivity index (χ4n) is 4.36. The number of carbonyl (C=O) groups excluding carboxylic acids is 1. The van der Waals surface area contributed by atoms with Gasteiger partial charge in [-0.25, -0.2) is 0 Å². The molecule has 0 radical (unpaired) electrons. The third-order valence-corrected chi connectivity index (χ3v) is 5.48. The van der Waals surface area contributed by atoms with Gasteiger partial charge in [0, 0.05) is 19.4 Å². The van der Waals surface area contributed by atoms with Crippen molar-refractivity contribution < 1.29 is 19.4 Å².